The molecule has 8 heteroatoms. The summed E-state index contributed by atoms with van der Waals surface area (Å²) in [4.78, 5) is 40.8. The summed E-state index contributed by atoms with van der Waals surface area (Å²) in [5.74, 6) is -0.869. The Labute approximate surface area is 204 Å². The molecule has 0 radical (unpaired) electrons. The fraction of sp³-hybridized carbons (Fsp3) is 0.654. The zero-order chi connectivity index (χ0) is 26.3. The Morgan fingerprint density at radius 1 is 1.12 bits per heavy atom. The van der Waals surface area contributed by atoms with Crippen LogP contribution in [0.2, 0.25) is 0 Å². The van der Waals surface area contributed by atoms with Crippen LogP contribution in [0.25, 0.3) is 0 Å². The molecule has 0 bridgehead atoms. The van der Waals surface area contributed by atoms with E-state index in [9.17, 15) is 19.5 Å². The molecule has 0 saturated carbocycles. The third-order valence-corrected chi connectivity index (χ3v) is 5.75. The Kier molecular flexibility index (Phi) is 10.4. The van der Waals surface area contributed by atoms with Gasteiger partial charge in [-0.25, -0.2) is 4.79 Å². The molecule has 0 fully saturated rings. The number of nitrogens with one attached hydrogen (secondary N) is 2. The Hall–Kier alpha value is -2.77. The average Bonchev–Trinajstić information content (AvgIpc) is 2.71. The standard InChI is InChI=1S/C26H43N3O5/c1-10-13-18(4)28-23(32)21(19-15-12-14-17(3)22(19)31)29(26(8,9)11-2)20(30)16-27-24(33)34-25(5,6)7/h12,14-15,18,21,31H,10-11,13,16H2,1-9H3,(H,27,33)(H,28,32). The fourth-order valence-corrected chi connectivity index (χ4v) is 3.68. The molecular formula is C26H43N3O5. The largest absolute Gasteiger partial charge is 0.507 e. The first kappa shape index (κ1) is 29.3. The van der Waals surface area contributed by atoms with E-state index in [1.165, 1.54) is 4.90 Å². The number of para-hydroxylation sites is 1. The van der Waals surface area contributed by atoms with Crippen molar-refractivity contribution >= 4 is 17.9 Å². The topological polar surface area (TPSA) is 108 Å². The number of carbonyl (C=O) groups is 3. The maximum absolute atomic E-state index is 13.6. The van der Waals surface area contributed by atoms with E-state index in [2.05, 4.69) is 10.6 Å². The number of carbonyl (C=O) groups excluding carboxylic acids is 3. The molecule has 192 valence electrons. The molecule has 2 unspecified atom stereocenters. The van der Waals surface area contributed by atoms with Crippen LogP contribution in [0.3, 0.4) is 0 Å². The van der Waals surface area contributed by atoms with Crippen molar-refractivity contribution in [2.75, 3.05) is 6.54 Å². The molecule has 0 spiro atoms. The molecule has 0 aromatic heterocycles. The van der Waals surface area contributed by atoms with Gasteiger partial charge in [0, 0.05) is 17.1 Å². The van der Waals surface area contributed by atoms with Gasteiger partial charge in [0.2, 0.25) is 11.8 Å². The van der Waals surface area contributed by atoms with Gasteiger partial charge >= 0.3 is 6.09 Å². The molecule has 8 nitrogen and oxygen atoms in total. The Morgan fingerprint density at radius 3 is 2.26 bits per heavy atom. The number of nitrogens with zero attached hydrogens (tertiary/aromatic N) is 1. The highest BCUT2D eigenvalue weighted by Gasteiger charge is 2.41. The van der Waals surface area contributed by atoms with E-state index in [1.807, 2.05) is 34.6 Å². The third kappa shape index (κ3) is 8.22. The molecule has 1 rings (SSSR count). The van der Waals surface area contributed by atoms with Crippen molar-refractivity contribution in [2.24, 2.45) is 0 Å². The molecule has 0 aliphatic carbocycles. The zero-order valence-electron chi connectivity index (χ0n) is 22.2. The number of amides is 3. The number of hydrogen-bond acceptors (Lipinski definition) is 5. The van der Waals surface area contributed by atoms with Crippen molar-refractivity contribution in [3.05, 3.63) is 29.3 Å². The highest BCUT2D eigenvalue weighted by Crippen LogP contribution is 2.36. The van der Waals surface area contributed by atoms with Crippen LogP contribution in [-0.2, 0) is 14.3 Å². The summed E-state index contributed by atoms with van der Waals surface area (Å²) < 4.78 is 5.25. The summed E-state index contributed by atoms with van der Waals surface area (Å²) in [7, 11) is 0. The van der Waals surface area contributed by atoms with Crippen LogP contribution in [0.4, 0.5) is 4.79 Å². The molecule has 0 heterocycles. The maximum Gasteiger partial charge on any atom is 0.408 e. The first-order chi connectivity index (χ1) is 15.6. The average molecular weight is 478 g/mol. The van der Waals surface area contributed by atoms with E-state index in [0.717, 1.165) is 12.8 Å². The first-order valence-electron chi connectivity index (χ1n) is 12.0. The number of rotatable bonds is 10. The number of aromatic hydroxyl groups is 1. The van der Waals surface area contributed by atoms with E-state index >= 15 is 0 Å². The summed E-state index contributed by atoms with van der Waals surface area (Å²) in [6.45, 7) is 16.2. The zero-order valence-corrected chi connectivity index (χ0v) is 22.2. The minimum Gasteiger partial charge on any atom is -0.507 e. The molecule has 1 aromatic rings. The van der Waals surface area contributed by atoms with Crippen LogP contribution in [-0.4, -0.2) is 51.6 Å². The number of alkyl carbamates (subject to hydrolysis) is 1. The van der Waals surface area contributed by atoms with Crippen molar-refractivity contribution < 1.29 is 24.2 Å². The number of phenolic OH excluding ortho intramolecular Hbond substituents is 1. The molecule has 3 amide bonds. The molecule has 0 aliphatic rings. The van der Waals surface area contributed by atoms with Crippen LogP contribution in [0, 0.1) is 6.92 Å². The summed E-state index contributed by atoms with van der Waals surface area (Å²) in [6.07, 6.45) is 1.51. The van der Waals surface area contributed by atoms with Gasteiger partial charge in [-0.05, 0) is 66.9 Å². The Morgan fingerprint density at radius 2 is 1.74 bits per heavy atom. The van der Waals surface area contributed by atoms with Gasteiger partial charge in [0.1, 0.15) is 23.9 Å². The lowest BCUT2D eigenvalue weighted by molar-refractivity contribution is -0.147. The lowest BCUT2D eigenvalue weighted by atomic mass is 9.91. The van der Waals surface area contributed by atoms with Crippen LogP contribution in [0.1, 0.15) is 91.8 Å². The van der Waals surface area contributed by atoms with Crippen molar-refractivity contribution in [3.63, 3.8) is 0 Å². The van der Waals surface area contributed by atoms with Gasteiger partial charge in [-0.3, -0.25) is 9.59 Å². The lowest BCUT2D eigenvalue weighted by Crippen LogP contribution is -2.56. The quantitative estimate of drug-likeness (QED) is 0.457. The molecule has 3 N–H and O–H groups in total. The first-order valence-corrected chi connectivity index (χ1v) is 12.0. The predicted octanol–water partition coefficient (Wildman–Crippen LogP) is 4.59. The Balaban J connectivity index is 3.45. The number of benzene rings is 1. The van der Waals surface area contributed by atoms with E-state index in [4.69, 9.17) is 4.74 Å². The van der Waals surface area contributed by atoms with Crippen molar-refractivity contribution in [2.45, 2.75) is 105 Å². The van der Waals surface area contributed by atoms with Crippen LogP contribution in [0.15, 0.2) is 18.2 Å². The van der Waals surface area contributed by atoms with E-state index < -0.39 is 29.2 Å². The number of ether oxygens (including phenoxy) is 1. The molecule has 0 aliphatic heterocycles. The molecule has 1 aromatic carbocycles. The molecule has 34 heavy (non-hydrogen) atoms. The minimum atomic E-state index is -1.08. The van der Waals surface area contributed by atoms with Gasteiger partial charge in [-0.15, -0.1) is 0 Å². The molecule has 0 saturated heterocycles. The second kappa shape index (κ2) is 12.1. The summed E-state index contributed by atoms with van der Waals surface area (Å²) >= 11 is 0. The molecule has 2 atom stereocenters. The lowest BCUT2D eigenvalue weighted by Gasteiger charge is -2.43. The summed E-state index contributed by atoms with van der Waals surface area (Å²) in [5.41, 5.74) is -0.515. The van der Waals surface area contributed by atoms with Crippen LogP contribution >= 0.6 is 0 Å². The summed E-state index contributed by atoms with van der Waals surface area (Å²) in [5, 5.41) is 16.4. The maximum atomic E-state index is 13.6. The smallest absolute Gasteiger partial charge is 0.408 e. The van der Waals surface area contributed by atoms with Gasteiger partial charge in [-0.2, -0.15) is 0 Å². The van der Waals surface area contributed by atoms with Gasteiger partial charge < -0.3 is 25.4 Å². The monoisotopic (exact) mass is 477 g/mol. The van der Waals surface area contributed by atoms with Crippen LogP contribution < -0.4 is 10.6 Å². The summed E-state index contributed by atoms with van der Waals surface area (Å²) in [6, 6.07) is 3.97. The fourth-order valence-electron chi connectivity index (χ4n) is 3.68. The van der Waals surface area contributed by atoms with Crippen molar-refractivity contribution in [3.8, 4) is 5.75 Å². The highest BCUT2D eigenvalue weighted by molar-refractivity contribution is 5.91. The highest BCUT2D eigenvalue weighted by atomic mass is 16.6. The minimum absolute atomic E-state index is 0.0319. The Bertz CT molecular complexity index is 860. The van der Waals surface area contributed by atoms with Gasteiger partial charge in [0.25, 0.3) is 0 Å². The van der Waals surface area contributed by atoms with Gasteiger partial charge in [0.15, 0.2) is 0 Å². The number of aryl methyl sites for hydroxylation is 1. The van der Waals surface area contributed by atoms with Crippen molar-refractivity contribution in [1.82, 2.24) is 15.5 Å². The normalized spacial score (nSPS) is 13.6. The molecular weight excluding hydrogens is 434 g/mol. The van der Waals surface area contributed by atoms with E-state index in [0.29, 0.717) is 17.5 Å². The van der Waals surface area contributed by atoms with Crippen LogP contribution in [0.5, 0.6) is 5.75 Å². The second-order valence-electron chi connectivity index (χ2n) is 10.4. The van der Waals surface area contributed by atoms with Gasteiger partial charge in [-0.1, -0.05) is 38.5 Å². The van der Waals surface area contributed by atoms with Gasteiger partial charge in [0.05, 0.1) is 0 Å². The predicted molar refractivity (Wildman–Crippen MR) is 134 cm³/mol. The number of hydrogen-bond donors (Lipinski definition) is 3. The third-order valence-electron chi connectivity index (χ3n) is 5.75. The van der Waals surface area contributed by atoms with E-state index in [-0.39, 0.29) is 24.2 Å². The van der Waals surface area contributed by atoms with E-state index in [1.54, 1.807) is 45.9 Å². The SMILES string of the molecule is CCCC(C)NC(=O)C(c1cccc(C)c1O)N(C(=O)CNC(=O)OC(C)(C)C)C(C)(C)CC. The second-order valence-corrected chi connectivity index (χ2v) is 10.4. The van der Waals surface area contributed by atoms with Crippen molar-refractivity contribution in [1.29, 1.82) is 0 Å². The number of phenols is 1.